The van der Waals surface area contributed by atoms with E-state index in [4.69, 9.17) is 20.8 Å². The molecule has 26 heavy (non-hydrogen) atoms. The van der Waals surface area contributed by atoms with Gasteiger partial charge in [0, 0.05) is 5.56 Å². The van der Waals surface area contributed by atoms with Gasteiger partial charge < -0.3 is 9.15 Å². The maximum Gasteiger partial charge on any atom is 0.326 e. The first-order valence-electron chi connectivity index (χ1n) is 8.28. The van der Waals surface area contributed by atoms with Gasteiger partial charge in [-0.2, -0.15) is 0 Å². The number of benzene rings is 2. The molecule has 5 heteroatoms. The first-order valence-corrected chi connectivity index (χ1v) is 8.81. The van der Waals surface area contributed by atoms with Crippen LogP contribution >= 0.6 is 11.6 Å². The van der Waals surface area contributed by atoms with Crippen LogP contribution in [0.25, 0.3) is 22.6 Å². The molecule has 0 amide bonds. The molecule has 0 radical (unpaired) electrons. The summed E-state index contributed by atoms with van der Waals surface area (Å²) in [5.41, 5.74) is 3.14. The van der Waals surface area contributed by atoms with Gasteiger partial charge >= 0.3 is 5.97 Å². The van der Waals surface area contributed by atoms with Crippen LogP contribution in [0.4, 0.5) is 0 Å². The molecule has 0 atom stereocenters. The highest BCUT2D eigenvalue weighted by molar-refractivity contribution is 6.26. The van der Waals surface area contributed by atoms with Crippen molar-refractivity contribution in [3.05, 3.63) is 75.6 Å². The van der Waals surface area contributed by atoms with E-state index in [2.05, 4.69) is 6.08 Å². The Morgan fingerprint density at radius 3 is 2.73 bits per heavy atom. The molecule has 1 heterocycles. The van der Waals surface area contributed by atoms with Crippen LogP contribution in [-0.4, -0.2) is 11.8 Å². The van der Waals surface area contributed by atoms with Crippen LogP contribution in [0.5, 0.6) is 5.75 Å². The van der Waals surface area contributed by atoms with Crippen molar-refractivity contribution < 1.29 is 13.9 Å². The lowest BCUT2D eigenvalue weighted by molar-refractivity contribution is -0.131. The van der Waals surface area contributed by atoms with Crippen LogP contribution in [0.2, 0.25) is 0 Å². The molecule has 2 aromatic carbocycles. The molecule has 1 aliphatic carbocycles. The predicted octanol–water partition coefficient (Wildman–Crippen LogP) is 4.42. The Bertz CT molecular complexity index is 1080. The lowest BCUT2D eigenvalue weighted by Crippen LogP contribution is -2.11. The smallest absolute Gasteiger partial charge is 0.326 e. The van der Waals surface area contributed by atoms with Crippen molar-refractivity contribution in [1.29, 1.82) is 0 Å². The van der Waals surface area contributed by atoms with Gasteiger partial charge in [0.05, 0.1) is 5.39 Å². The van der Waals surface area contributed by atoms with Crippen molar-refractivity contribution in [1.82, 2.24) is 0 Å². The summed E-state index contributed by atoms with van der Waals surface area (Å²) in [5.74, 6) is 0.125. The summed E-state index contributed by atoms with van der Waals surface area (Å²) in [6.07, 6.45) is 3.45. The highest BCUT2D eigenvalue weighted by atomic mass is 35.5. The van der Waals surface area contributed by atoms with E-state index in [9.17, 15) is 9.59 Å². The fourth-order valence-corrected chi connectivity index (χ4v) is 3.24. The van der Waals surface area contributed by atoms with Gasteiger partial charge in [0.15, 0.2) is 5.43 Å². The fourth-order valence-electron chi connectivity index (χ4n) is 3.18. The molecule has 1 aromatic heterocycles. The number of carbonyl (C=O) groups excluding carboxylic acids is 1. The van der Waals surface area contributed by atoms with Gasteiger partial charge in [-0.1, -0.05) is 30.3 Å². The van der Waals surface area contributed by atoms with E-state index < -0.39 is 5.97 Å². The average Bonchev–Trinajstić information content (AvgIpc) is 3.06. The monoisotopic (exact) mass is 366 g/mol. The topological polar surface area (TPSA) is 56.5 Å². The van der Waals surface area contributed by atoms with Gasteiger partial charge in [-0.05, 0) is 48.3 Å². The molecular formula is C21H15ClO4. The molecule has 0 N–H and O–H groups in total. The second kappa shape index (κ2) is 6.81. The number of allylic oxidation sites excluding steroid dienone is 1. The Balaban J connectivity index is 1.80. The van der Waals surface area contributed by atoms with E-state index >= 15 is 0 Å². The number of carbonyl (C=O) groups is 1. The largest absolute Gasteiger partial charge is 0.456 e. The van der Waals surface area contributed by atoms with Gasteiger partial charge in [-0.25, -0.2) is 0 Å². The Morgan fingerprint density at radius 2 is 1.96 bits per heavy atom. The molecular weight excluding hydrogens is 352 g/mol. The predicted molar refractivity (Wildman–Crippen MR) is 101 cm³/mol. The van der Waals surface area contributed by atoms with Crippen LogP contribution in [0.3, 0.4) is 0 Å². The normalized spacial score (nSPS) is 14.6. The van der Waals surface area contributed by atoms with Crippen LogP contribution in [0.15, 0.2) is 57.7 Å². The van der Waals surface area contributed by atoms with Gasteiger partial charge in [0.1, 0.15) is 23.0 Å². The Hall–Kier alpha value is -2.85. The van der Waals surface area contributed by atoms with Crippen molar-refractivity contribution in [2.24, 2.45) is 0 Å². The number of hydrogen-bond donors (Lipinski definition) is 0. The number of ether oxygens (including phenoxy) is 1. The van der Waals surface area contributed by atoms with E-state index in [-0.39, 0.29) is 17.1 Å². The van der Waals surface area contributed by atoms with Crippen molar-refractivity contribution in [2.75, 3.05) is 5.88 Å². The van der Waals surface area contributed by atoms with Crippen molar-refractivity contribution in [3.63, 3.8) is 0 Å². The molecule has 0 unspecified atom stereocenters. The lowest BCUT2D eigenvalue weighted by Gasteiger charge is -2.06. The molecule has 0 saturated carbocycles. The molecule has 0 fully saturated rings. The van der Waals surface area contributed by atoms with Gasteiger partial charge in [0.25, 0.3) is 0 Å². The molecule has 3 aromatic rings. The van der Waals surface area contributed by atoms with E-state index in [1.54, 1.807) is 12.1 Å². The SMILES string of the molecule is O=C(CCl)Oc1ccc2oc3c(c(=O)c2c1)CCC3=Cc1ccccc1. The first-order chi connectivity index (χ1) is 12.7. The number of rotatable bonds is 3. The molecule has 4 nitrogen and oxygen atoms in total. The van der Waals surface area contributed by atoms with E-state index in [0.717, 1.165) is 17.6 Å². The highest BCUT2D eigenvalue weighted by Crippen LogP contribution is 2.34. The number of esters is 1. The molecule has 1 aliphatic rings. The maximum atomic E-state index is 12.9. The van der Waals surface area contributed by atoms with E-state index in [0.29, 0.717) is 28.7 Å². The summed E-state index contributed by atoms with van der Waals surface area (Å²) in [6.45, 7) is 0. The quantitative estimate of drug-likeness (QED) is 0.391. The molecule has 0 spiro atoms. The summed E-state index contributed by atoms with van der Waals surface area (Å²) >= 11 is 5.45. The van der Waals surface area contributed by atoms with Crippen molar-refractivity contribution in [2.45, 2.75) is 12.8 Å². The summed E-state index contributed by atoms with van der Waals surface area (Å²) in [6, 6.07) is 14.7. The molecule has 130 valence electrons. The van der Waals surface area contributed by atoms with E-state index in [1.165, 1.54) is 6.07 Å². The Labute approximate surface area is 154 Å². The summed E-state index contributed by atoms with van der Waals surface area (Å²) in [7, 11) is 0. The number of alkyl halides is 1. The summed E-state index contributed by atoms with van der Waals surface area (Å²) in [5, 5.41) is 0.407. The Morgan fingerprint density at radius 1 is 1.15 bits per heavy atom. The zero-order chi connectivity index (χ0) is 18.1. The Kier molecular flexibility index (Phi) is 4.35. The van der Waals surface area contributed by atoms with Crippen LogP contribution in [-0.2, 0) is 11.2 Å². The minimum Gasteiger partial charge on any atom is -0.456 e. The standard InChI is InChI=1S/C21H15ClO4/c22-12-19(23)25-15-7-9-18-17(11-15)20(24)16-8-6-14(21(16)26-18)10-13-4-2-1-3-5-13/h1-5,7,9-11H,6,8,12H2. The minimum absolute atomic E-state index is 0.0820. The molecule has 0 bridgehead atoms. The van der Waals surface area contributed by atoms with Crippen molar-refractivity contribution in [3.8, 4) is 5.75 Å². The van der Waals surface area contributed by atoms with Crippen LogP contribution < -0.4 is 10.2 Å². The van der Waals surface area contributed by atoms with Crippen molar-refractivity contribution >= 4 is 40.2 Å². The second-order valence-corrected chi connectivity index (χ2v) is 6.35. The third-order valence-electron chi connectivity index (χ3n) is 4.37. The fraction of sp³-hybridized carbons (Fsp3) is 0.143. The first kappa shape index (κ1) is 16.6. The highest BCUT2D eigenvalue weighted by Gasteiger charge is 2.24. The number of hydrogen-bond acceptors (Lipinski definition) is 4. The molecule has 4 rings (SSSR count). The zero-order valence-electron chi connectivity index (χ0n) is 13.8. The molecule has 0 saturated heterocycles. The number of halogens is 1. The van der Waals surface area contributed by atoms with Crippen LogP contribution in [0.1, 0.15) is 23.3 Å². The summed E-state index contributed by atoms with van der Waals surface area (Å²) < 4.78 is 11.1. The lowest BCUT2D eigenvalue weighted by atomic mass is 10.1. The maximum absolute atomic E-state index is 12.9. The van der Waals surface area contributed by atoms with Gasteiger partial charge in [-0.15, -0.1) is 11.6 Å². The summed E-state index contributed by atoms with van der Waals surface area (Å²) in [4.78, 5) is 24.2. The van der Waals surface area contributed by atoms with Crippen LogP contribution in [0, 0.1) is 0 Å². The third-order valence-corrected chi connectivity index (χ3v) is 4.59. The average molecular weight is 367 g/mol. The van der Waals surface area contributed by atoms with Gasteiger partial charge in [-0.3, -0.25) is 9.59 Å². The third kappa shape index (κ3) is 3.04. The zero-order valence-corrected chi connectivity index (χ0v) is 14.6. The molecule has 0 aliphatic heterocycles. The minimum atomic E-state index is -0.565. The van der Waals surface area contributed by atoms with E-state index in [1.807, 2.05) is 30.3 Å². The number of fused-ring (bicyclic) bond motifs is 2. The second-order valence-electron chi connectivity index (χ2n) is 6.08. The van der Waals surface area contributed by atoms with Gasteiger partial charge in [0.2, 0.25) is 0 Å².